The van der Waals surface area contributed by atoms with Crippen molar-refractivity contribution in [2.24, 2.45) is 41.4 Å². The number of carbonyl (C=O) groups excluding carboxylic acids is 12. The molecule has 12 amide bonds. The van der Waals surface area contributed by atoms with E-state index in [9.17, 15) is 40.7 Å². The number of hydrogen-bond donors (Lipinski definition) is 3. The van der Waals surface area contributed by atoms with Crippen LogP contribution in [0.1, 0.15) is 202 Å². The number of carbonyl (C=O) groups is 12. The Morgan fingerprint density at radius 3 is 1.81 bits per heavy atom. The summed E-state index contributed by atoms with van der Waals surface area (Å²) in [7, 11) is 6.80. The van der Waals surface area contributed by atoms with Crippen LogP contribution in [0.5, 0.6) is 0 Å². The van der Waals surface area contributed by atoms with Gasteiger partial charge in [-0.3, -0.25) is 57.5 Å². The van der Waals surface area contributed by atoms with E-state index in [4.69, 9.17) is 9.47 Å². The van der Waals surface area contributed by atoms with Crippen LogP contribution in [0.15, 0.2) is 0 Å². The Kier molecular flexibility index (Phi) is 32.6. The van der Waals surface area contributed by atoms with Crippen molar-refractivity contribution in [2.75, 3.05) is 101 Å². The first-order valence-corrected chi connectivity index (χ1v) is 41.3. The zero-order chi connectivity index (χ0) is 83.3. The Bertz CT molecular complexity index is 3300. The highest BCUT2D eigenvalue weighted by molar-refractivity contribution is 6.01. The molecule has 2 unspecified atom stereocenters. The Hall–Kier alpha value is -7.00. The normalized spacial score (nSPS) is 31.8. The number of nitrogens with zero attached hydrogens (tertiary/aromatic N) is 9. The number of likely N-dealkylation sites (N-methyl/N-ethyl adjacent to an activating group) is 5. The summed E-state index contributed by atoms with van der Waals surface area (Å²) in [5.74, 6) is -16.7. The Labute approximate surface area is 659 Å². The van der Waals surface area contributed by atoms with E-state index >= 15 is 51.9 Å². The summed E-state index contributed by atoms with van der Waals surface area (Å²) in [5.41, 5.74) is -1.70. The number of amides is 12. The van der Waals surface area contributed by atoms with Crippen LogP contribution in [0.3, 0.4) is 0 Å². The van der Waals surface area contributed by atoms with Crippen LogP contribution in [0.2, 0.25) is 0 Å². The largest absolute Gasteiger partial charge is 0.397 e. The minimum Gasteiger partial charge on any atom is -0.378 e. The standard InChI is InChI=1S/C79H124F8N12O14/c1-12-32-97-61(72(107)96-34-36-112-37-35-96)43-63(101)94(10)58(38-47(4)5)68(103)89-66(48(6)13-2)74(109)92(8)46-64(102)93(9)57-23-16-15-19-33-98(73(57)108)60(41-49-24-27-52(28-25-49)78(82,83)84)71(106)91(7)45-62(100)88-56(29-26-50-39-54(80)65(55(81)40-50)79(85,86)87)70(105)99-44-53(113-14-3)42-59(99)69(104)90-77(30-20-31-77)76(111)95(11)67(75(97)110)51-21-17-18-22-51/h47-61,65-67H,12-46H2,1-11H3,(H,88,100)(H,89,103)(H,90,104)/t48-,49?,50?,52?,53+,54?,55?,56-,57-,58-,59-,60-,61-,65?,66-,67-/m0/s1. The second-order valence-corrected chi connectivity index (χ2v) is 33.8. The van der Waals surface area contributed by atoms with E-state index < -0.39 is 230 Å². The average molecular weight is 1620 g/mol. The lowest BCUT2D eigenvalue weighted by molar-refractivity contribution is -0.219. The van der Waals surface area contributed by atoms with Crippen molar-refractivity contribution < 1.29 is 102 Å². The topological polar surface area (TPSA) is 289 Å². The summed E-state index contributed by atoms with van der Waals surface area (Å²) in [5, 5.41) is 8.52. The Balaban J connectivity index is 1.22. The number of alkyl halides is 8. The smallest absolute Gasteiger partial charge is 0.378 e. The van der Waals surface area contributed by atoms with E-state index in [1.54, 1.807) is 27.7 Å². The van der Waals surface area contributed by atoms with Crippen LogP contribution in [-0.4, -0.2) is 301 Å². The predicted molar refractivity (Wildman–Crippen MR) is 399 cm³/mol. The van der Waals surface area contributed by atoms with Gasteiger partial charge in [-0.2, -0.15) is 26.3 Å². The molecule has 4 aliphatic heterocycles. The monoisotopic (exact) mass is 1620 g/mol. The molecule has 12 atom stereocenters. The van der Waals surface area contributed by atoms with Gasteiger partial charge < -0.3 is 69.5 Å². The van der Waals surface area contributed by atoms with Crippen LogP contribution >= 0.6 is 0 Å². The molecule has 0 radical (unpaired) electrons. The molecule has 4 heterocycles. The molecule has 2 bridgehead atoms. The minimum absolute atomic E-state index is 0.00777. The molecule has 4 saturated heterocycles. The first-order chi connectivity index (χ1) is 53.3. The Morgan fingerprint density at radius 2 is 1.24 bits per heavy atom. The summed E-state index contributed by atoms with van der Waals surface area (Å²) in [6.07, 6.45) is -14.9. The van der Waals surface area contributed by atoms with Crippen LogP contribution in [0.4, 0.5) is 35.1 Å². The van der Waals surface area contributed by atoms with Gasteiger partial charge in [0.25, 0.3) is 0 Å². The van der Waals surface area contributed by atoms with Crippen LogP contribution < -0.4 is 16.0 Å². The van der Waals surface area contributed by atoms with Gasteiger partial charge in [0.15, 0.2) is 0 Å². The van der Waals surface area contributed by atoms with Crippen LogP contribution in [-0.2, 0) is 67.0 Å². The van der Waals surface area contributed by atoms with Crippen LogP contribution in [0, 0.1) is 41.4 Å². The first-order valence-electron chi connectivity index (χ1n) is 41.3. The van der Waals surface area contributed by atoms with Crippen molar-refractivity contribution in [1.82, 2.24) is 60.0 Å². The summed E-state index contributed by atoms with van der Waals surface area (Å²) < 4.78 is 127. The van der Waals surface area contributed by atoms with Crippen molar-refractivity contribution in [2.45, 2.75) is 287 Å². The molecule has 4 saturated carbocycles. The highest BCUT2D eigenvalue weighted by atomic mass is 19.4. The number of fused-ring (bicyclic) bond motifs is 3. The lowest BCUT2D eigenvalue weighted by Gasteiger charge is -2.47. The number of rotatable bonds is 15. The van der Waals surface area contributed by atoms with Gasteiger partial charge in [0.05, 0.1) is 44.7 Å². The van der Waals surface area contributed by atoms with E-state index in [2.05, 4.69) is 16.0 Å². The van der Waals surface area contributed by atoms with Gasteiger partial charge in [-0.25, -0.2) is 8.78 Å². The molecular formula is C79H124F8N12O14. The third-order valence-electron chi connectivity index (χ3n) is 25.4. The molecule has 113 heavy (non-hydrogen) atoms. The van der Waals surface area contributed by atoms with E-state index in [1.165, 1.54) is 59.7 Å². The zero-order valence-corrected chi connectivity index (χ0v) is 67.9. The first kappa shape index (κ1) is 91.5. The SMILES string of the molecule is CCCN1C(=O)[C@H](C2CCCC2)N(C)C(=O)C2(CCC2)NC(=O)[C@@H]2C[C@@H](OCC)CN2C(=O)[C@H](CCC2CC(F)C(C(F)(F)F)C(F)C2)NC(=O)CN(C)C(=O)[C@H](CC2CCC(C(F)(F)F)CC2)N2CCCCC[C@@H](C2=O)N(C)C(=O)CN(C)C(=O)[C@H]([C@@H](C)CC)NC(=O)[C@H](CC(C)C)N(C)C(=O)C[C@H]1C(=O)N1CCOCC1. The molecule has 0 aromatic heterocycles. The number of morpholine rings is 1. The van der Waals surface area contributed by atoms with Crippen molar-refractivity contribution in [1.29, 1.82) is 0 Å². The lowest BCUT2D eigenvalue weighted by Crippen LogP contribution is -2.68. The second kappa shape index (κ2) is 40.2. The molecule has 0 aromatic carbocycles. The fourth-order valence-electron chi connectivity index (χ4n) is 18.4. The van der Waals surface area contributed by atoms with Gasteiger partial charge in [0.1, 0.15) is 72.1 Å². The van der Waals surface area contributed by atoms with Gasteiger partial charge >= 0.3 is 12.4 Å². The van der Waals surface area contributed by atoms with E-state index in [0.717, 1.165) is 19.6 Å². The van der Waals surface area contributed by atoms with E-state index in [-0.39, 0.29) is 136 Å². The third-order valence-corrected chi connectivity index (χ3v) is 25.4. The molecule has 1 spiro atoms. The number of nitrogens with one attached hydrogen (secondary N) is 3. The number of hydrogen-bond acceptors (Lipinski definition) is 14. The highest BCUT2D eigenvalue weighted by Gasteiger charge is 2.57. The molecule has 8 aliphatic rings. The molecule has 34 heteroatoms. The maximum atomic E-state index is 16.1. The van der Waals surface area contributed by atoms with Gasteiger partial charge in [0.2, 0.25) is 70.9 Å². The summed E-state index contributed by atoms with van der Waals surface area (Å²) in [6, 6.07) is -11.3. The molecule has 4 aliphatic carbocycles. The Morgan fingerprint density at radius 1 is 0.611 bits per heavy atom. The molecule has 8 rings (SSSR count). The predicted octanol–water partition coefficient (Wildman–Crippen LogP) is 7.13. The molecule has 26 nitrogen and oxygen atoms in total. The lowest BCUT2D eigenvalue weighted by atomic mass is 9.74. The second-order valence-electron chi connectivity index (χ2n) is 33.8. The average Bonchev–Trinajstić information content (AvgIpc) is 1.66. The van der Waals surface area contributed by atoms with Gasteiger partial charge in [-0.05, 0) is 152 Å². The summed E-state index contributed by atoms with van der Waals surface area (Å²) in [6.45, 7) is 9.31. The van der Waals surface area contributed by atoms with Gasteiger partial charge in [-0.1, -0.05) is 66.7 Å². The molecule has 3 N–H and O–H groups in total. The zero-order valence-electron chi connectivity index (χ0n) is 67.9. The molecule has 0 aromatic rings. The van der Waals surface area contributed by atoms with Gasteiger partial charge in [-0.15, -0.1) is 0 Å². The van der Waals surface area contributed by atoms with Crippen molar-refractivity contribution >= 4 is 70.9 Å². The maximum Gasteiger partial charge on any atom is 0.397 e. The van der Waals surface area contributed by atoms with Crippen molar-refractivity contribution in [3.05, 3.63) is 0 Å². The maximum absolute atomic E-state index is 16.1. The fourth-order valence-corrected chi connectivity index (χ4v) is 18.4. The molecular weight excluding hydrogens is 1490 g/mol. The number of halogens is 8. The quantitative estimate of drug-likeness (QED) is 0.138. The molecule has 8 fully saturated rings. The fraction of sp³-hybridized carbons (Fsp3) is 0.848. The van der Waals surface area contributed by atoms with E-state index in [0.29, 0.717) is 57.8 Å². The molecule has 640 valence electrons. The number of ether oxygens (including phenoxy) is 2. The third kappa shape index (κ3) is 22.6. The highest BCUT2D eigenvalue weighted by Crippen LogP contribution is 2.46. The van der Waals surface area contributed by atoms with Gasteiger partial charge in [0, 0.05) is 81.0 Å². The summed E-state index contributed by atoms with van der Waals surface area (Å²) >= 11 is 0. The minimum atomic E-state index is -5.22. The van der Waals surface area contributed by atoms with Crippen molar-refractivity contribution in [3.8, 4) is 0 Å². The summed E-state index contributed by atoms with van der Waals surface area (Å²) in [4.78, 5) is 195. The van der Waals surface area contributed by atoms with Crippen molar-refractivity contribution in [3.63, 3.8) is 0 Å². The van der Waals surface area contributed by atoms with E-state index in [1.807, 2.05) is 13.8 Å². The van der Waals surface area contributed by atoms with Crippen LogP contribution in [0.25, 0.3) is 0 Å².